The second-order valence-electron chi connectivity index (χ2n) is 7.95. The van der Waals surface area contributed by atoms with Crippen LogP contribution in [0.4, 0.5) is 11.8 Å². The molecule has 8 nitrogen and oxygen atoms in total. The molecular weight excluding hydrogens is 412 g/mol. The van der Waals surface area contributed by atoms with Crippen molar-refractivity contribution < 1.29 is 8.42 Å². The van der Waals surface area contributed by atoms with Crippen LogP contribution in [-0.2, 0) is 10.0 Å². The molecule has 0 aliphatic carbocycles. The lowest BCUT2D eigenvalue weighted by atomic mass is 10.1. The number of nitrogens with one attached hydrogen (secondary N) is 1. The molecule has 0 unspecified atom stereocenters. The van der Waals surface area contributed by atoms with Crippen LogP contribution in [0.25, 0.3) is 0 Å². The highest BCUT2D eigenvalue weighted by atomic mass is 32.2. The fourth-order valence-corrected chi connectivity index (χ4v) is 5.59. The van der Waals surface area contributed by atoms with E-state index in [1.54, 1.807) is 24.5 Å². The van der Waals surface area contributed by atoms with Crippen LogP contribution in [0.3, 0.4) is 0 Å². The van der Waals surface area contributed by atoms with E-state index in [1.807, 2.05) is 39.8 Å². The molecule has 9 heteroatoms. The summed E-state index contributed by atoms with van der Waals surface area (Å²) < 4.78 is 28.3. The van der Waals surface area contributed by atoms with Gasteiger partial charge in [0.2, 0.25) is 16.0 Å². The smallest absolute Gasteiger partial charge is 0.243 e. The van der Waals surface area contributed by atoms with Crippen LogP contribution in [0, 0.1) is 27.7 Å². The average Bonchev–Trinajstić information content (AvgIpc) is 3.20. The fraction of sp³-hybridized carbons (Fsp3) is 0.364. The summed E-state index contributed by atoms with van der Waals surface area (Å²) in [5, 5.41) is 3.08. The molecule has 0 bridgehead atoms. The van der Waals surface area contributed by atoms with E-state index in [9.17, 15) is 8.42 Å². The van der Waals surface area contributed by atoms with Gasteiger partial charge in [0.05, 0.1) is 29.0 Å². The molecule has 2 aromatic heterocycles. The minimum atomic E-state index is -3.64. The van der Waals surface area contributed by atoms with Gasteiger partial charge in [-0.2, -0.15) is 4.31 Å². The summed E-state index contributed by atoms with van der Waals surface area (Å²) in [6, 6.07) is 6.79. The van der Waals surface area contributed by atoms with E-state index >= 15 is 0 Å². The quantitative estimate of drug-likeness (QED) is 0.647. The first-order valence-corrected chi connectivity index (χ1v) is 11.7. The zero-order chi connectivity index (χ0) is 22.2. The van der Waals surface area contributed by atoms with Crippen LogP contribution in [0.5, 0.6) is 0 Å². The Bertz CT molecular complexity index is 1210. The Balaban J connectivity index is 1.63. The fourth-order valence-electron chi connectivity index (χ4n) is 3.83. The maximum atomic E-state index is 13.4. The maximum Gasteiger partial charge on any atom is 0.243 e. The second-order valence-corrected chi connectivity index (χ2v) is 9.84. The maximum absolute atomic E-state index is 13.4. The van der Waals surface area contributed by atoms with Crippen LogP contribution >= 0.6 is 0 Å². The molecule has 1 N–H and O–H groups in total. The summed E-state index contributed by atoms with van der Waals surface area (Å²) in [5.41, 5.74) is 4.33. The van der Waals surface area contributed by atoms with Crippen molar-refractivity contribution in [1.29, 1.82) is 0 Å². The van der Waals surface area contributed by atoms with E-state index in [0.717, 1.165) is 28.9 Å². The Morgan fingerprint density at radius 1 is 0.968 bits per heavy atom. The van der Waals surface area contributed by atoms with E-state index in [1.165, 1.54) is 4.31 Å². The number of benzene rings is 1. The molecule has 1 aliphatic rings. The number of hydrogen-bond donors (Lipinski definition) is 1. The van der Waals surface area contributed by atoms with Gasteiger partial charge in [-0.25, -0.2) is 23.4 Å². The summed E-state index contributed by atoms with van der Waals surface area (Å²) >= 11 is 0. The van der Waals surface area contributed by atoms with Crippen LogP contribution < -0.4 is 5.32 Å². The van der Waals surface area contributed by atoms with Crippen LogP contribution in [0.2, 0.25) is 0 Å². The lowest BCUT2D eigenvalue weighted by Crippen LogP contribution is -2.31. The van der Waals surface area contributed by atoms with Crippen molar-refractivity contribution in [3.05, 3.63) is 64.9 Å². The summed E-state index contributed by atoms with van der Waals surface area (Å²) in [4.78, 5) is 18.0. The van der Waals surface area contributed by atoms with Crippen molar-refractivity contribution in [2.75, 3.05) is 11.9 Å². The van der Waals surface area contributed by atoms with E-state index in [-0.39, 0.29) is 6.04 Å². The Labute approximate surface area is 182 Å². The molecule has 3 aromatic rings. The van der Waals surface area contributed by atoms with Gasteiger partial charge in [-0.3, -0.25) is 4.98 Å². The molecule has 0 saturated carbocycles. The molecule has 1 atom stereocenters. The number of sulfonamides is 1. The summed E-state index contributed by atoms with van der Waals surface area (Å²) in [6.07, 6.45) is 4.69. The minimum absolute atomic E-state index is 0.313. The standard InChI is InChI=1S/C22H26N6O2S/c1-14-7-8-18(10-15(14)2)31(29,30)28-9-5-6-20(28)19-12-23-13-21(26-19)27-22-24-16(3)11-17(4)25-22/h7-8,10-13,20H,5-6,9H2,1-4H3,(H,24,25,26,27)/t20-/m0/s1. The van der Waals surface area contributed by atoms with Crippen molar-refractivity contribution in [3.8, 4) is 0 Å². The third-order valence-corrected chi connectivity index (χ3v) is 7.41. The van der Waals surface area contributed by atoms with E-state index in [4.69, 9.17) is 0 Å². The number of aromatic nitrogens is 4. The summed E-state index contributed by atoms with van der Waals surface area (Å²) in [7, 11) is -3.64. The van der Waals surface area contributed by atoms with Gasteiger partial charge >= 0.3 is 0 Å². The number of anilines is 2. The Hall–Kier alpha value is -2.91. The van der Waals surface area contributed by atoms with Crippen LogP contribution in [0.1, 0.15) is 47.1 Å². The highest BCUT2D eigenvalue weighted by Gasteiger charge is 2.37. The summed E-state index contributed by atoms with van der Waals surface area (Å²) in [6.45, 7) is 8.15. The molecule has 1 saturated heterocycles. The molecule has 4 rings (SSSR count). The average molecular weight is 439 g/mol. The molecule has 3 heterocycles. The van der Waals surface area contributed by atoms with Gasteiger partial charge in [0.25, 0.3) is 0 Å². The minimum Gasteiger partial charge on any atom is -0.307 e. The zero-order valence-corrected chi connectivity index (χ0v) is 18.9. The van der Waals surface area contributed by atoms with Crippen molar-refractivity contribution in [2.24, 2.45) is 0 Å². The van der Waals surface area contributed by atoms with Gasteiger partial charge in [-0.05, 0) is 69.9 Å². The van der Waals surface area contributed by atoms with Crippen molar-refractivity contribution in [1.82, 2.24) is 24.2 Å². The highest BCUT2D eigenvalue weighted by Crippen LogP contribution is 2.36. The molecule has 162 valence electrons. The van der Waals surface area contributed by atoms with Gasteiger partial charge in [-0.15, -0.1) is 0 Å². The summed E-state index contributed by atoms with van der Waals surface area (Å²) in [5.74, 6) is 0.924. The normalized spacial score (nSPS) is 17.1. The predicted octanol–water partition coefficient (Wildman–Crippen LogP) is 3.77. The van der Waals surface area contributed by atoms with Gasteiger partial charge in [0.15, 0.2) is 5.82 Å². The molecule has 1 fully saturated rings. The van der Waals surface area contributed by atoms with E-state index in [0.29, 0.717) is 35.3 Å². The molecule has 0 radical (unpaired) electrons. The first kappa shape index (κ1) is 21.3. The predicted molar refractivity (Wildman–Crippen MR) is 119 cm³/mol. The molecule has 0 spiro atoms. The first-order valence-electron chi connectivity index (χ1n) is 10.2. The molecule has 31 heavy (non-hydrogen) atoms. The van der Waals surface area contributed by atoms with Crippen molar-refractivity contribution in [2.45, 2.75) is 51.5 Å². The zero-order valence-electron chi connectivity index (χ0n) is 18.1. The largest absolute Gasteiger partial charge is 0.307 e. The molecule has 1 aliphatic heterocycles. The molecule has 1 aromatic carbocycles. The first-order chi connectivity index (χ1) is 14.7. The second kappa shape index (κ2) is 8.32. The lowest BCUT2D eigenvalue weighted by molar-refractivity contribution is 0.390. The number of rotatable bonds is 5. The SMILES string of the molecule is Cc1cc(C)nc(Nc2cncc([C@@H]3CCCN3S(=O)(=O)c3ccc(C)c(C)c3)n2)n1. The van der Waals surface area contributed by atoms with Crippen molar-refractivity contribution >= 4 is 21.8 Å². The Morgan fingerprint density at radius 2 is 1.71 bits per heavy atom. The molecule has 0 amide bonds. The van der Waals surface area contributed by atoms with Gasteiger partial charge in [0.1, 0.15) is 0 Å². The number of hydrogen-bond acceptors (Lipinski definition) is 7. The number of nitrogens with zero attached hydrogens (tertiary/aromatic N) is 5. The molecular formula is C22H26N6O2S. The van der Waals surface area contributed by atoms with E-state index in [2.05, 4.69) is 25.3 Å². The van der Waals surface area contributed by atoms with Gasteiger partial charge < -0.3 is 5.32 Å². The van der Waals surface area contributed by atoms with Crippen LogP contribution in [-0.4, -0.2) is 39.2 Å². The van der Waals surface area contributed by atoms with Gasteiger partial charge in [0, 0.05) is 17.9 Å². The monoisotopic (exact) mass is 438 g/mol. The Kier molecular flexibility index (Phi) is 5.72. The van der Waals surface area contributed by atoms with E-state index < -0.39 is 10.0 Å². The topological polar surface area (TPSA) is 101 Å². The highest BCUT2D eigenvalue weighted by molar-refractivity contribution is 7.89. The Morgan fingerprint density at radius 3 is 2.42 bits per heavy atom. The number of aryl methyl sites for hydroxylation is 4. The van der Waals surface area contributed by atoms with Crippen LogP contribution in [0.15, 0.2) is 41.6 Å². The lowest BCUT2D eigenvalue weighted by Gasteiger charge is -2.24. The van der Waals surface area contributed by atoms with Gasteiger partial charge in [-0.1, -0.05) is 6.07 Å². The third-order valence-electron chi connectivity index (χ3n) is 5.51. The van der Waals surface area contributed by atoms with Crippen molar-refractivity contribution in [3.63, 3.8) is 0 Å². The third kappa shape index (κ3) is 4.42.